The first-order valence-electron chi connectivity index (χ1n) is 7.71. The van der Waals surface area contributed by atoms with Gasteiger partial charge in [0.25, 0.3) is 0 Å². The molecule has 1 aromatic rings. The molecule has 1 fully saturated rings. The van der Waals surface area contributed by atoms with Gasteiger partial charge in [-0.05, 0) is 39.2 Å². The van der Waals surface area contributed by atoms with Crippen LogP contribution in [0.25, 0.3) is 0 Å². The van der Waals surface area contributed by atoms with E-state index in [4.69, 9.17) is 0 Å². The lowest BCUT2D eigenvalue weighted by Gasteiger charge is -2.35. The molecule has 2 atom stereocenters. The second kappa shape index (κ2) is 7.75. The van der Waals surface area contributed by atoms with E-state index in [2.05, 4.69) is 34.4 Å². The predicted octanol–water partition coefficient (Wildman–Crippen LogP) is 2.37. The lowest BCUT2D eigenvalue weighted by molar-refractivity contribution is 0.137. The van der Waals surface area contributed by atoms with Gasteiger partial charge in [-0.1, -0.05) is 6.92 Å². The first-order valence-corrected chi connectivity index (χ1v) is 8.59. The quantitative estimate of drug-likeness (QED) is 0.878. The van der Waals surface area contributed by atoms with Gasteiger partial charge in [-0.2, -0.15) is 0 Å². The van der Waals surface area contributed by atoms with E-state index in [-0.39, 0.29) is 6.03 Å². The van der Waals surface area contributed by atoms with Crippen molar-refractivity contribution in [3.05, 3.63) is 16.1 Å². The number of carbonyl (C=O) groups is 1. The van der Waals surface area contributed by atoms with Crippen LogP contribution < -0.4 is 10.6 Å². The van der Waals surface area contributed by atoms with Gasteiger partial charge in [-0.15, -0.1) is 11.3 Å². The van der Waals surface area contributed by atoms with E-state index in [0.717, 1.165) is 29.7 Å². The van der Waals surface area contributed by atoms with Crippen LogP contribution in [0.3, 0.4) is 0 Å². The predicted molar refractivity (Wildman–Crippen MR) is 86.5 cm³/mol. The summed E-state index contributed by atoms with van der Waals surface area (Å²) in [5.41, 5.74) is 1.00. The first-order chi connectivity index (χ1) is 10.0. The molecule has 118 valence electrons. The lowest BCUT2D eigenvalue weighted by Crippen LogP contribution is -2.48. The maximum Gasteiger partial charge on any atom is 0.315 e. The molecule has 21 heavy (non-hydrogen) atoms. The van der Waals surface area contributed by atoms with Gasteiger partial charge in [0.05, 0.1) is 6.54 Å². The van der Waals surface area contributed by atoms with Crippen LogP contribution in [0.2, 0.25) is 0 Å². The zero-order valence-corrected chi connectivity index (χ0v) is 14.0. The van der Waals surface area contributed by atoms with E-state index < -0.39 is 0 Å². The van der Waals surface area contributed by atoms with Crippen molar-refractivity contribution in [1.29, 1.82) is 0 Å². The number of aromatic nitrogens is 1. The monoisotopic (exact) mass is 310 g/mol. The van der Waals surface area contributed by atoms with Gasteiger partial charge in [-0.25, -0.2) is 9.78 Å². The second-order valence-electron chi connectivity index (χ2n) is 6.04. The molecule has 2 amide bonds. The molecule has 1 aromatic heterocycles. The molecule has 1 saturated heterocycles. The average Bonchev–Trinajstić information content (AvgIpc) is 2.88. The summed E-state index contributed by atoms with van der Waals surface area (Å²) in [6.07, 6.45) is 2.59. The number of nitrogens with one attached hydrogen (secondary N) is 2. The number of rotatable bonds is 5. The van der Waals surface area contributed by atoms with E-state index >= 15 is 0 Å². The molecule has 0 spiro atoms. The Balaban J connectivity index is 1.66. The smallest absolute Gasteiger partial charge is 0.315 e. The Morgan fingerprint density at radius 1 is 1.57 bits per heavy atom. The van der Waals surface area contributed by atoms with Crippen LogP contribution in [-0.4, -0.2) is 41.6 Å². The Labute approximate surface area is 131 Å². The number of piperidine rings is 1. The van der Waals surface area contributed by atoms with Crippen LogP contribution in [0.1, 0.15) is 37.4 Å². The fraction of sp³-hybridized carbons (Fsp3) is 0.733. The van der Waals surface area contributed by atoms with Gasteiger partial charge < -0.3 is 10.6 Å². The topological polar surface area (TPSA) is 57.3 Å². The zero-order valence-electron chi connectivity index (χ0n) is 13.2. The summed E-state index contributed by atoms with van der Waals surface area (Å²) in [7, 11) is 0. The van der Waals surface area contributed by atoms with Gasteiger partial charge in [0, 0.05) is 30.2 Å². The number of urea groups is 1. The van der Waals surface area contributed by atoms with Gasteiger partial charge in [0.2, 0.25) is 0 Å². The van der Waals surface area contributed by atoms with Crippen LogP contribution >= 0.6 is 11.3 Å². The lowest BCUT2D eigenvalue weighted by atomic mass is 9.99. The maximum atomic E-state index is 11.8. The molecule has 0 aromatic carbocycles. The normalized spacial score (nSPS) is 21.0. The van der Waals surface area contributed by atoms with Gasteiger partial charge >= 0.3 is 6.03 Å². The van der Waals surface area contributed by atoms with E-state index in [0.29, 0.717) is 19.1 Å². The Bertz CT molecular complexity index is 462. The number of likely N-dealkylation sites (tertiary alicyclic amines) is 1. The van der Waals surface area contributed by atoms with E-state index in [1.807, 2.05) is 12.3 Å². The number of hydrogen-bond donors (Lipinski definition) is 2. The molecule has 2 rings (SSSR count). The summed E-state index contributed by atoms with van der Waals surface area (Å²) in [6.45, 7) is 9.92. The number of hydrogen-bond acceptors (Lipinski definition) is 4. The molecule has 0 saturated carbocycles. The minimum atomic E-state index is -0.111. The number of amides is 2. The molecule has 0 aliphatic carbocycles. The van der Waals surface area contributed by atoms with E-state index in [1.165, 1.54) is 12.8 Å². The summed E-state index contributed by atoms with van der Waals surface area (Å²) in [5.74, 6) is 0.767. The molecule has 1 aliphatic rings. The third-order valence-electron chi connectivity index (χ3n) is 3.94. The molecule has 0 bridgehead atoms. The number of aryl methyl sites for hydroxylation is 1. The van der Waals surface area contributed by atoms with Crippen molar-refractivity contribution in [2.75, 3.05) is 19.6 Å². The molecule has 2 heterocycles. The summed E-state index contributed by atoms with van der Waals surface area (Å²) < 4.78 is 0. The van der Waals surface area contributed by atoms with E-state index in [9.17, 15) is 4.79 Å². The third kappa shape index (κ3) is 5.28. The van der Waals surface area contributed by atoms with Crippen molar-refractivity contribution >= 4 is 17.4 Å². The first kappa shape index (κ1) is 16.2. The minimum absolute atomic E-state index is 0.111. The molecule has 0 radical (unpaired) electrons. The molecule has 0 unspecified atom stereocenters. The van der Waals surface area contributed by atoms with Gasteiger partial charge in [-0.3, -0.25) is 4.90 Å². The highest BCUT2D eigenvalue weighted by molar-refractivity contribution is 7.09. The summed E-state index contributed by atoms with van der Waals surface area (Å²) in [5, 5.41) is 8.75. The van der Waals surface area contributed by atoms with Crippen molar-refractivity contribution in [1.82, 2.24) is 20.5 Å². The van der Waals surface area contributed by atoms with Crippen molar-refractivity contribution in [3.63, 3.8) is 0 Å². The standard InChI is InChI=1S/C15H26N4OS/c1-11-5-4-6-19(9-11)13(3)7-16-15(20)17-8-14-18-12(2)10-21-14/h10-11,13H,4-9H2,1-3H3,(H2,16,17,20)/t11-,13-/m1/s1. The van der Waals surface area contributed by atoms with Crippen LogP contribution in [0, 0.1) is 12.8 Å². The zero-order chi connectivity index (χ0) is 15.2. The summed E-state index contributed by atoms with van der Waals surface area (Å²) in [6, 6.07) is 0.278. The highest BCUT2D eigenvalue weighted by Gasteiger charge is 2.21. The fourth-order valence-corrected chi connectivity index (χ4v) is 3.41. The Morgan fingerprint density at radius 2 is 2.38 bits per heavy atom. The molecule has 1 aliphatic heterocycles. The van der Waals surface area contributed by atoms with Crippen molar-refractivity contribution in [3.8, 4) is 0 Å². The molecular weight excluding hydrogens is 284 g/mol. The Hall–Kier alpha value is -1.14. The molecule has 6 heteroatoms. The number of carbonyl (C=O) groups excluding carboxylic acids is 1. The second-order valence-corrected chi connectivity index (χ2v) is 6.98. The van der Waals surface area contributed by atoms with Crippen molar-refractivity contribution in [2.24, 2.45) is 5.92 Å². The Morgan fingerprint density at radius 3 is 3.05 bits per heavy atom. The van der Waals surface area contributed by atoms with Crippen molar-refractivity contribution in [2.45, 2.75) is 46.2 Å². The van der Waals surface area contributed by atoms with Crippen molar-refractivity contribution < 1.29 is 4.79 Å². The largest absolute Gasteiger partial charge is 0.337 e. The highest BCUT2D eigenvalue weighted by Crippen LogP contribution is 2.17. The Kier molecular flexibility index (Phi) is 5.99. The highest BCUT2D eigenvalue weighted by atomic mass is 32.1. The van der Waals surface area contributed by atoms with Gasteiger partial charge in [0.1, 0.15) is 5.01 Å². The SMILES string of the molecule is Cc1csc(CNC(=O)NC[C@@H](C)N2CCC[C@@H](C)C2)n1. The number of thiazole rings is 1. The summed E-state index contributed by atoms with van der Waals surface area (Å²) in [4.78, 5) is 18.6. The summed E-state index contributed by atoms with van der Waals surface area (Å²) >= 11 is 1.58. The van der Waals surface area contributed by atoms with Crippen LogP contribution in [0.5, 0.6) is 0 Å². The molecule has 2 N–H and O–H groups in total. The minimum Gasteiger partial charge on any atom is -0.337 e. The van der Waals surface area contributed by atoms with Crippen LogP contribution in [0.15, 0.2) is 5.38 Å². The third-order valence-corrected chi connectivity index (χ3v) is 4.90. The van der Waals surface area contributed by atoms with Gasteiger partial charge in [0.15, 0.2) is 0 Å². The number of nitrogens with zero attached hydrogens (tertiary/aromatic N) is 2. The average molecular weight is 310 g/mol. The van der Waals surface area contributed by atoms with E-state index in [1.54, 1.807) is 11.3 Å². The van der Waals surface area contributed by atoms with Crippen LogP contribution in [-0.2, 0) is 6.54 Å². The molecular formula is C15H26N4OS. The maximum absolute atomic E-state index is 11.8. The van der Waals surface area contributed by atoms with Crippen LogP contribution in [0.4, 0.5) is 4.79 Å². The molecule has 5 nitrogen and oxygen atoms in total. The fourth-order valence-electron chi connectivity index (χ4n) is 2.70.